The van der Waals surface area contributed by atoms with Gasteiger partial charge in [0.2, 0.25) is 5.78 Å². The molecular weight excluding hydrogens is 371 g/mol. The molecule has 3 aromatic carbocycles. The molecule has 0 saturated heterocycles. The topological polar surface area (TPSA) is 72.4 Å². The van der Waals surface area contributed by atoms with E-state index in [0.717, 1.165) is 5.56 Å². The van der Waals surface area contributed by atoms with Crippen LogP contribution >= 0.6 is 0 Å². The first-order valence-electron chi connectivity index (χ1n) is 9.03. The summed E-state index contributed by atoms with van der Waals surface area (Å²) in [7, 11) is 0. The van der Waals surface area contributed by atoms with Crippen molar-refractivity contribution in [3.05, 3.63) is 94.5 Å². The smallest absolute Gasteiger partial charge is 0.263 e. The van der Waals surface area contributed by atoms with Crippen LogP contribution in [0.25, 0.3) is 28.1 Å². The minimum atomic E-state index is -0.339. The summed E-state index contributed by atoms with van der Waals surface area (Å²) in [5, 5.41) is 19.3. The summed E-state index contributed by atoms with van der Waals surface area (Å²) in [6.45, 7) is 0.215. The van der Waals surface area contributed by atoms with Gasteiger partial charge in [0, 0.05) is 0 Å². The van der Waals surface area contributed by atoms with E-state index in [2.05, 4.69) is 10.2 Å². The highest BCUT2D eigenvalue weighted by molar-refractivity contribution is 5.83. The van der Waals surface area contributed by atoms with E-state index in [9.17, 15) is 14.3 Å². The molecule has 5 rings (SSSR count). The zero-order valence-electron chi connectivity index (χ0n) is 15.2. The second-order valence-electron chi connectivity index (χ2n) is 6.71. The molecule has 0 saturated carbocycles. The van der Waals surface area contributed by atoms with Gasteiger partial charge in [-0.25, -0.2) is 4.39 Å². The first kappa shape index (κ1) is 17.1. The molecule has 0 aliphatic rings. The van der Waals surface area contributed by atoms with E-state index in [1.807, 2.05) is 12.1 Å². The van der Waals surface area contributed by atoms with Crippen molar-refractivity contribution in [1.82, 2.24) is 19.2 Å². The lowest BCUT2D eigenvalue weighted by atomic mass is 10.1. The summed E-state index contributed by atoms with van der Waals surface area (Å²) in [5.74, 6) is 0.509. The number of aromatic nitrogens is 4. The number of hydrogen-bond acceptors (Lipinski definition) is 4. The highest BCUT2D eigenvalue weighted by atomic mass is 19.1. The van der Waals surface area contributed by atoms with Gasteiger partial charge in [-0.1, -0.05) is 36.4 Å². The zero-order valence-corrected chi connectivity index (χ0v) is 15.2. The van der Waals surface area contributed by atoms with E-state index in [1.165, 1.54) is 16.7 Å². The summed E-state index contributed by atoms with van der Waals surface area (Å²) < 4.78 is 16.5. The minimum Gasteiger partial charge on any atom is -0.507 e. The van der Waals surface area contributed by atoms with Crippen molar-refractivity contribution in [1.29, 1.82) is 0 Å². The number of aromatic hydroxyl groups is 1. The Morgan fingerprint density at radius 3 is 2.41 bits per heavy atom. The average molecular weight is 386 g/mol. The van der Waals surface area contributed by atoms with E-state index in [4.69, 9.17) is 0 Å². The van der Waals surface area contributed by atoms with Crippen LogP contribution in [0.3, 0.4) is 0 Å². The van der Waals surface area contributed by atoms with Crippen molar-refractivity contribution in [2.24, 2.45) is 0 Å². The second-order valence-corrected chi connectivity index (χ2v) is 6.71. The van der Waals surface area contributed by atoms with Crippen LogP contribution in [0.4, 0.5) is 4.39 Å². The molecule has 0 radical (unpaired) electrons. The molecule has 0 spiro atoms. The van der Waals surface area contributed by atoms with Gasteiger partial charge >= 0.3 is 0 Å². The molecule has 0 amide bonds. The van der Waals surface area contributed by atoms with Crippen LogP contribution in [-0.4, -0.2) is 24.3 Å². The van der Waals surface area contributed by atoms with Crippen LogP contribution in [0.15, 0.2) is 77.6 Å². The molecule has 142 valence electrons. The van der Waals surface area contributed by atoms with Crippen molar-refractivity contribution in [2.75, 3.05) is 0 Å². The van der Waals surface area contributed by atoms with Gasteiger partial charge in [0.15, 0.2) is 5.82 Å². The van der Waals surface area contributed by atoms with Gasteiger partial charge in [-0.3, -0.25) is 13.8 Å². The Balaban J connectivity index is 1.84. The summed E-state index contributed by atoms with van der Waals surface area (Å²) >= 11 is 0. The molecule has 0 fully saturated rings. The standard InChI is InChI=1S/C22H15FN4O2/c23-15-11-9-14(10-12-15)13-26-21(29)16-5-1-3-7-18(16)27-20(24-25-22(26)27)17-6-2-4-8-19(17)28/h1-12,28H,13H2. The minimum absolute atomic E-state index is 0.0714. The number of rotatable bonds is 3. The molecule has 5 aromatic rings. The van der Waals surface area contributed by atoms with Crippen LogP contribution in [-0.2, 0) is 6.54 Å². The second kappa shape index (κ2) is 6.56. The van der Waals surface area contributed by atoms with E-state index >= 15 is 0 Å². The van der Waals surface area contributed by atoms with Crippen molar-refractivity contribution < 1.29 is 9.50 Å². The lowest BCUT2D eigenvalue weighted by Crippen LogP contribution is -2.24. The predicted octanol–water partition coefficient (Wildman–Crippen LogP) is 3.60. The van der Waals surface area contributed by atoms with Crippen LogP contribution < -0.4 is 5.56 Å². The van der Waals surface area contributed by atoms with E-state index in [1.54, 1.807) is 52.9 Å². The lowest BCUT2D eigenvalue weighted by Gasteiger charge is -2.12. The highest BCUT2D eigenvalue weighted by Crippen LogP contribution is 2.29. The SMILES string of the molecule is O=c1c2ccccc2n2c(-c3ccccc3O)nnc2n1Cc1ccc(F)cc1. The van der Waals surface area contributed by atoms with Gasteiger partial charge in [0.1, 0.15) is 11.6 Å². The van der Waals surface area contributed by atoms with Gasteiger partial charge in [-0.15, -0.1) is 10.2 Å². The maximum Gasteiger partial charge on any atom is 0.263 e. The van der Waals surface area contributed by atoms with Gasteiger partial charge in [-0.05, 0) is 42.0 Å². The number of hydrogen-bond donors (Lipinski definition) is 1. The zero-order chi connectivity index (χ0) is 20.0. The molecule has 0 bridgehead atoms. The number of phenolic OH excluding ortho intramolecular Hbond substituents is 1. The molecule has 6 nitrogen and oxygen atoms in total. The molecule has 7 heteroatoms. The van der Waals surface area contributed by atoms with Crippen molar-refractivity contribution in [2.45, 2.75) is 6.54 Å². The Bertz CT molecular complexity index is 1420. The number of para-hydroxylation sites is 2. The first-order chi connectivity index (χ1) is 14.1. The Labute approximate surface area is 164 Å². The van der Waals surface area contributed by atoms with E-state index < -0.39 is 0 Å². The molecule has 0 aliphatic carbocycles. The average Bonchev–Trinajstić information content (AvgIpc) is 3.18. The normalized spacial score (nSPS) is 11.3. The maximum atomic E-state index is 13.3. The molecule has 2 heterocycles. The van der Waals surface area contributed by atoms with Crippen LogP contribution in [0.2, 0.25) is 0 Å². The highest BCUT2D eigenvalue weighted by Gasteiger charge is 2.19. The quantitative estimate of drug-likeness (QED) is 0.514. The number of phenols is 1. The van der Waals surface area contributed by atoms with Gasteiger partial charge < -0.3 is 5.11 Å². The Morgan fingerprint density at radius 1 is 0.897 bits per heavy atom. The number of halogens is 1. The fourth-order valence-electron chi connectivity index (χ4n) is 3.51. The Morgan fingerprint density at radius 2 is 1.62 bits per heavy atom. The van der Waals surface area contributed by atoms with Crippen LogP contribution in [0, 0.1) is 5.82 Å². The molecule has 0 atom stereocenters. The fourth-order valence-corrected chi connectivity index (χ4v) is 3.51. The Kier molecular flexibility index (Phi) is 3.87. The monoisotopic (exact) mass is 386 g/mol. The number of nitrogens with zero attached hydrogens (tertiary/aromatic N) is 4. The molecular formula is C22H15FN4O2. The number of benzene rings is 3. The molecule has 0 unspecified atom stereocenters. The van der Waals surface area contributed by atoms with E-state index in [-0.39, 0.29) is 23.7 Å². The predicted molar refractivity (Wildman–Crippen MR) is 107 cm³/mol. The maximum absolute atomic E-state index is 13.3. The molecule has 0 aliphatic heterocycles. The summed E-state index contributed by atoms with van der Waals surface area (Å²) in [6, 6.07) is 20.0. The third kappa shape index (κ3) is 2.75. The third-order valence-electron chi connectivity index (χ3n) is 4.91. The Hall–Kier alpha value is -4.00. The van der Waals surface area contributed by atoms with Gasteiger partial charge in [0.25, 0.3) is 5.56 Å². The summed E-state index contributed by atoms with van der Waals surface area (Å²) in [5.41, 5.74) is 1.70. The summed E-state index contributed by atoms with van der Waals surface area (Å²) in [6.07, 6.45) is 0. The van der Waals surface area contributed by atoms with Crippen LogP contribution in [0.5, 0.6) is 5.75 Å². The van der Waals surface area contributed by atoms with Crippen molar-refractivity contribution in [3.63, 3.8) is 0 Å². The number of fused-ring (bicyclic) bond motifs is 3. The fraction of sp³-hybridized carbons (Fsp3) is 0.0455. The van der Waals surface area contributed by atoms with Crippen molar-refractivity contribution >= 4 is 16.7 Å². The van der Waals surface area contributed by atoms with Crippen molar-refractivity contribution in [3.8, 4) is 17.1 Å². The molecule has 2 aromatic heterocycles. The van der Waals surface area contributed by atoms with Gasteiger partial charge in [-0.2, -0.15) is 0 Å². The lowest BCUT2D eigenvalue weighted by molar-refractivity contribution is 0.477. The first-order valence-corrected chi connectivity index (χ1v) is 9.03. The van der Waals surface area contributed by atoms with Gasteiger partial charge in [0.05, 0.1) is 23.0 Å². The summed E-state index contributed by atoms with van der Waals surface area (Å²) in [4.78, 5) is 13.2. The van der Waals surface area contributed by atoms with E-state index in [0.29, 0.717) is 28.1 Å². The largest absolute Gasteiger partial charge is 0.507 e. The molecule has 29 heavy (non-hydrogen) atoms. The molecule has 1 N–H and O–H groups in total. The third-order valence-corrected chi connectivity index (χ3v) is 4.91. The van der Waals surface area contributed by atoms with Crippen LogP contribution in [0.1, 0.15) is 5.56 Å².